The number of anilines is 1. The minimum absolute atomic E-state index is 0.0923. The molecule has 1 amide bonds. The maximum atomic E-state index is 16.4. The van der Waals surface area contributed by atoms with Crippen LogP contribution in [0, 0.1) is 11.6 Å². The van der Waals surface area contributed by atoms with Crippen LogP contribution in [0.1, 0.15) is 71.7 Å². The molecule has 4 aromatic rings. The number of halogens is 3. The highest BCUT2D eigenvalue weighted by Crippen LogP contribution is 2.41. The molecule has 1 saturated heterocycles. The molecule has 2 N–H and O–H groups in total. The zero-order chi connectivity index (χ0) is 36.4. The Balaban J connectivity index is 1.66. The predicted molar refractivity (Wildman–Crippen MR) is 183 cm³/mol. The lowest BCUT2D eigenvalue weighted by Gasteiger charge is -2.44. The van der Waals surface area contributed by atoms with E-state index in [1.807, 2.05) is 27.7 Å². The van der Waals surface area contributed by atoms with Gasteiger partial charge in [-0.1, -0.05) is 25.4 Å². The summed E-state index contributed by atoms with van der Waals surface area (Å²) >= 11 is 6.15. The van der Waals surface area contributed by atoms with E-state index in [1.54, 1.807) is 30.6 Å². The van der Waals surface area contributed by atoms with E-state index in [4.69, 9.17) is 21.1 Å². The van der Waals surface area contributed by atoms with E-state index in [1.165, 1.54) is 24.4 Å². The summed E-state index contributed by atoms with van der Waals surface area (Å²) in [5.74, 6) is -2.39. The van der Waals surface area contributed by atoms with Gasteiger partial charge in [-0.15, -0.1) is 0 Å². The van der Waals surface area contributed by atoms with Crippen molar-refractivity contribution >= 4 is 34.5 Å². The number of nitrogens with zero attached hydrogens (tertiary/aromatic N) is 6. The molecule has 4 atom stereocenters. The van der Waals surface area contributed by atoms with Gasteiger partial charge in [-0.05, 0) is 64.8 Å². The highest BCUT2D eigenvalue weighted by atomic mass is 35.5. The number of hydrogen-bond donors (Lipinski definition) is 2. The number of amides is 1. The van der Waals surface area contributed by atoms with Crippen LogP contribution in [0.2, 0.25) is 5.02 Å². The number of rotatable bonds is 2. The minimum Gasteiger partial charge on any atom is -0.490 e. The van der Waals surface area contributed by atoms with Gasteiger partial charge in [0, 0.05) is 36.9 Å². The molecule has 5 heterocycles. The molecule has 50 heavy (non-hydrogen) atoms. The molecule has 1 aromatic carbocycles. The second kappa shape index (κ2) is 13.1. The third kappa shape index (κ3) is 6.24. The van der Waals surface area contributed by atoms with Crippen LogP contribution in [0.3, 0.4) is 0 Å². The zero-order valence-electron chi connectivity index (χ0n) is 28.7. The van der Waals surface area contributed by atoms with Crippen LogP contribution in [-0.2, 0) is 4.74 Å². The Kier molecular flexibility index (Phi) is 9.25. The maximum Gasteiger partial charge on any atom is 0.410 e. The van der Waals surface area contributed by atoms with Gasteiger partial charge in [0.1, 0.15) is 41.7 Å². The van der Waals surface area contributed by atoms with Gasteiger partial charge in [0.25, 0.3) is 0 Å². The van der Waals surface area contributed by atoms with Crippen molar-refractivity contribution in [2.24, 2.45) is 0 Å². The summed E-state index contributed by atoms with van der Waals surface area (Å²) in [5, 5.41) is 22.3. The van der Waals surface area contributed by atoms with Crippen molar-refractivity contribution in [3.8, 4) is 22.7 Å². The number of piperazine rings is 1. The summed E-state index contributed by atoms with van der Waals surface area (Å²) in [7, 11) is 0. The summed E-state index contributed by atoms with van der Waals surface area (Å²) < 4.78 is 44.7. The summed E-state index contributed by atoms with van der Waals surface area (Å²) in [6.45, 7) is 12.6. The average molecular weight is 713 g/mol. The molecule has 2 unspecified atom stereocenters. The number of ether oxygens (including phenoxy) is 2. The molecular weight excluding hydrogens is 674 g/mol. The number of aromatic nitrogens is 4. The Labute approximate surface area is 292 Å². The molecule has 2 aliphatic rings. The quantitative estimate of drug-likeness (QED) is 0.273. The van der Waals surface area contributed by atoms with Gasteiger partial charge in [-0.25, -0.2) is 27.9 Å². The van der Waals surface area contributed by atoms with Crippen LogP contribution < -0.4 is 15.3 Å². The number of aliphatic hydroxyl groups excluding tert-OH is 2. The molecule has 6 rings (SSSR count). The summed E-state index contributed by atoms with van der Waals surface area (Å²) in [6.07, 6.45) is -2.21. The average Bonchev–Trinajstić information content (AvgIpc) is 3.04. The molecule has 3 aromatic heterocycles. The number of carbonyl (C=O) groups excluding carboxylic acids is 1. The number of pyridine rings is 2. The van der Waals surface area contributed by atoms with Crippen molar-refractivity contribution < 1.29 is 33.3 Å². The van der Waals surface area contributed by atoms with Gasteiger partial charge in [0.2, 0.25) is 0 Å². The largest absolute Gasteiger partial charge is 0.490 e. The molecule has 2 bridgehead atoms. The third-order valence-electron chi connectivity index (χ3n) is 8.83. The smallest absolute Gasteiger partial charge is 0.410 e. The fourth-order valence-corrected chi connectivity index (χ4v) is 6.59. The van der Waals surface area contributed by atoms with Gasteiger partial charge in [0.05, 0.1) is 27.4 Å². The highest BCUT2D eigenvalue weighted by molar-refractivity contribution is 6.31. The molecule has 0 aliphatic carbocycles. The maximum absolute atomic E-state index is 16.4. The fourth-order valence-electron chi connectivity index (χ4n) is 6.44. The molecule has 1 fully saturated rings. The van der Waals surface area contributed by atoms with Crippen molar-refractivity contribution in [2.75, 3.05) is 24.6 Å². The van der Waals surface area contributed by atoms with Crippen molar-refractivity contribution in [3.05, 3.63) is 68.9 Å². The Morgan fingerprint density at radius 3 is 2.50 bits per heavy atom. The molecule has 2 aliphatic heterocycles. The first-order valence-electron chi connectivity index (χ1n) is 16.3. The second-order valence-electron chi connectivity index (χ2n) is 14.1. The minimum atomic E-state index is -1.60. The van der Waals surface area contributed by atoms with E-state index in [0.29, 0.717) is 5.69 Å². The molecular formula is C35H39ClF2N6O6. The molecule has 0 spiro atoms. The van der Waals surface area contributed by atoms with E-state index < -0.39 is 71.2 Å². The van der Waals surface area contributed by atoms with E-state index >= 15 is 8.78 Å². The van der Waals surface area contributed by atoms with Crippen LogP contribution in [0.5, 0.6) is 5.75 Å². The summed E-state index contributed by atoms with van der Waals surface area (Å²) in [5.41, 5.74) is -2.02. The Morgan fingerprint density at radius 2 is 1.82 bits per heavy atom. The standard InChI is InChI=1S/C35H39ClF2N6O6/c1-16(2)27-29-19(10-11-39-27)30(46)23(45)15-49-24-9-8-21(36)26(38)25(24)28-22(37)12-20-31(41-33(47)44(29)32(20)40-28)42-13-18(4)43(14-17(42)3)34(48)50-35(5,6)7/h8-12,16-18,23,30,45-46H,13-15H2,1-7H3/t17-,18-,23?,30?/m0/s1. The molecule has 15 heteroatoms. The third-order valence-corrected chi connectivity index (χ3v) is 9.12. The number of hydrogen-bond acceptors (Lipinski definition) is 10. The normalized spacial score (nSPS) is 21.0. The van der Waals surface area contributed by atoms with E-state index in [2.05, 4.69) is 15.0 Å². The molecule has 266 valence electrons. The van der Waals surface area contributed by atoms with Crippen LogP contribution in [0.15, 0.2) is 35.3 Å². The van der Waals surface area contributed by atoms with Gasteiger partial charge in [-0.3, -0.25) is 4.98 Å². The first kappa shape index (κ1) is 35.4. The van der Waals surface area contributed by atoms with E-state index in [0.717, 1.165) is 10.6 Å². The van der Waals surface area contributed by atoms with E-state index in [-0.39, 0.29) is 57.9 Å². The lowest BCUT2D eigenvalue weighted by Crippen LogP contribution is -2.59. The first-order valence-corrected chi connectivity index (χ1v) is 16.7. The highest BCUT2D eigenvalue weighted by Gasteiger charge is 2.37. The van der Waals surface area contributed by atoms with Crippen molar-refractivity contribution in [3.63, 3.8) is 0 Å². The first-order chi connectivity index (χ1) is 23.5. The summed E-state index contributed by atoms with van der Waals surface area (Å²) in [6, 6.07) is 4.30. The van der Waals surface area contributed by atoms with Crippen LogP contribution >= 0.6 is 11.6 Å². The molecule has 12 nitrogen and oxygen atoms in total. The SMILES string of the molecule is CC(C)c1nccc2c1-n1c(=O)nc(N3C[C@H](C)N(C(=O)OC(C)(C)C)C[C@@H]3C)c3cc(F)c(nc31)-c1c(ccc(Cl)c1F)OCC(O)C2O. The van der Waals surface area contributed by atoms with Gasteiger partial charge < -0.3 is 29.5 Å². The topological polar surface area (TPSA) is 143 Å². The molecule has 0 saturated carbocycles. The van der Waals surface area contributed by atoms with E-state index in [9.17, 15) is 19.8 Å². The Morgan fingerprint density at radius 1 is 1.10 bits per heavy atom. The summed E-state index contributed by atoms with van der Waals surface area (Å²) in [4.78, 5) is 44.4. The van der Waals surface area contributed by atoms with Crippen molar-refractivity contribution in [1.29, 1.82) is 0 Å². The number of benzene rings is 1. The number of fused-ring (bicyclic) bond motifs is 5. The van der Waals surface area contributed by atoms with Gasteiger partial charge in [0.15, 0.2) is 17.3 Å². The van der Waals surface area contributed by atoms with Crippen LogP contribution in [0.4, 0.5) is 19.4 Å². The number of aliphatic hydroxyl groups is 2. The number of carbonyl (C=O) groups is 1. The Bertz CT molecular complexity index is 2050. The van der Waals surface area contributed by atoms with Crippen molar-refractivity contribution in [2.45, 2.75) is 84.3 Å². The van der Waals surface area contributed by atoms with Crippen LogP contribution in [-0.4, -0.2) is 84.2 Å². The van der Waals surface area contributed by atoms with Gasteiger partial charge >= 0.3 is 11.8 Å². The fraction of sp³-hybridized carbons (Fsp3) is 0.457. The molecule has 0 radical (unpaired) electrons. The van der Waals surface area contributed by atoms with Gasteiger partial charge in [-0.2, -0.15) is 4.98 Å². The zero-order valence-corrected chi connectivity index (χ0v) is 29.5. The van der Waals surface area contributed by atoms with Crippen LogP contribution in [0.25, 0.3) is 28.0 Å². The van der Waals surface area contributed by atoms with Crippen molar-refractivity contribution in [1.82, 2.24) is 24.4 Å². The predicted octanol–water partition coefficient (Wildman–Crippen LogP) is 5.52. The lowest BCUT2D eigenvalue weighted by atomic mass is 9.97. The second-order valence-corrected chi connectivity index (χ2v) is 14.5. The Hall–Kier alpha value is -4.40. The monoisotopic (exact) mass is 712 g/mol. The lowest BCUT2D eigenvalue weighted by molar-refractivity contribution is -0.00904.